The molecular weight excluding hydrogens is 154 g/mol. The van der Waals surface area contributed by atoms with Crippen LogP contribution in [0.25, 0.3) is 0 Å². The van der Waals surface area contributed by atoms with Gasteiger partial charge >= 0.3 is 0 Å². The van der Waals surface area contributed by atoms with Crippen molar-refractivity contribution in [1.29, 1.82) is 0 Å². The average molecular weight is 165 g/mol. The van der Waals surface area contributed by atoms with Gasteiger partial charge in [0.05, 0.1) is 12.1 Å². The molecule has 4 heteroatoms. The normalized spacial score (nSPS) is 9.42. The summed E-state index contributed by atoms with van der Waals surface area (Å²) < 4.78 is 0. The molecule has 64 valence electrons. The molecule has 0 aliphatic rings. The number of nitrogens with one attached hydrogen (secondary N) is 1. The molecule has 0 bridgehead atoms. The van der Waals surface area contributed by atoms with Crippen LogP contribution >= 0.6 is 0 Å². The smallest absolute Gasteiger partial charge is 0.225 e. The van der Waals surface area contributed by atoms with E-state index in [4.69, 9.17) is 5.73 Å². The van der Waals surface area contributed by atoms with Crippen LogP contribution in [0.3, 0.4) is 0 Å². The monoisotopic (exact) mass is 165 g/mol. The molecule has 0 unspecified atom stereocenters. The minimum atomic E-state index is -0.0619. The van der Waals surface area contributed by atoms with Gasteiger partial charge in [0, 0.05) is 18.9 Å². The summed E-state index contributed by atoms with van der Waals surface area (Å²) >= 11 is 0. The number of nitrogens with zero attached hydrogens (tertiary/aromatic N) is 1. The van der Waals surface area contributed by atoms with E-state index in [0.29, 0.717) is 11.4 Å². The summed E-state index contributed by atoms with van der Waals surface area (Å²) in [5, 5.41) is 2.51. The number of anilines is 1. The Hall–Kier alpha value is -1.58. The van der Waals surface area contributed by atoms with Crippen LogP contribution in [0.5, 0.6) is 0 Å². The number of amides is 1. The van der Waals surface area contributed by atoms with Crippen molar-refractivity contribution < 1.29 is 4.79 Å². The largest absolute Gasteiger partial charge is 0.399 e. The molecule has 12 heavy (non-hydrogen) atoms. The number of aromatic nitrogens is 1. The predicted octanol–water partition coefficient (Wildman–Crippen LogP) is -0.0477. The third-order valence-electron chi connectivity index (χ3n) is 1.46. The molecule has 1 heterocycles. The molecule has 4 nitrogen and oxygen atoms in total. The van der Waals surface area contributed by atoms with Crippen LogP contribution < -0.4 is 11.1 Å². The highest BCUT2D eigenvalue weighted by Gasteiger charge is 2.01. The molecule has 0 aromatic carbocycles. The summed E-state index contributed by atoms with van der Waals surface area (Å²) in [5.41, 5.74) is 6.82. The summed E-state index contributed by atoms with van der Waals surface area (Å²) in [6.45, 7) is 0. The van der Waals surface area contributed by atoms with Crippen molar-refractivity contribution >= 4 is 11.6 Å². The first-order valence-corrected chi connectivity index (χ1v) is 3.63. The van der Waals surface area contributed by atoms with E-state index in [2.05, 4.69) is 10.3 Å². The molecule has 0 spiro atoms. The second-order valence-corrected chi connectivity index (χ2v) is 2.43. The maximum Gasteiger partial charge on any atom is 0.225 e. The third kappa shape index (κ3) is 2.23. The number of rotatable bonds is 2. The highest BCUT2D eigenvalue weighted by Crippen LogP contribution is 2.02. The topological polar surface area (TPSA) is 68.0 Å². The van der Waals surface area contributed by atoms with Gasteiger partial charge in [0.15, 0.2) is 0 Å². The molecule has 1 aromatic rings. The SMILES string of the molecule is CNC(=O)Cc1cc(N)ccn1. The number of nitrogen functional groups attached to an aromatic ring is 1. The van der Waals surface area contributed by atoms with Gasteiger partial charge in [-0.3, -0.25) is 9.78 Å². The van der Waals surface area contributed by atoms with Gasteiger partial charge in [0.25, 0.3) is 0 Å². The molecule has 0 atom stereocenters. The minimum absolute atomic E-state index is 0.0619. The van der Waals surface area contributed by atoms with Crippen molar-refractivity contribution in [2.45, 2.75) is 6.42 Å². The zero-order valence-corrected chi connectivity index (χ0v) is 6.87. The number of pyridine rings is 1. The summed E-state index contributed by atoms with van der Waals surface area (Å²) in [7, 11) is 1.59. The molecule has 3 N–H and O–H groups in total. The van der Waals surface area contributed by atoms with Crippen molar-refractivity contribution in [2.75, 3.05) is 12.8 Å². The fourth-order valence-electron chi connectivity index (χ4n) is 0.846. The Morgan fingerprint density at radius 2 is 2.50 bits per heavy atom. The van der Waals surface area contributed by atoms with Gasteiger partial charge in [-0.1, -0.05) is 0 Å². The van der Waals surface area contributed by atoms with Crippen molar-refractivity contribution in [3.8, 4) is 0 Å². The van der Waals surface area contributed by atoms with Gasteiger partial charge in [-0.2, -0.15) is 0 Å². The molecule has 0 saturated heterocycles. The highest BCUT2D eigenvalue weighted by atomic mass is 16.1. The zero-order chi connectivity index (χ0) is 8.97. The summed E-state index contributed by atoms with van der Waals surface area (Å²) in [6, 6.07) is 3.38. The Kier molecular flexibility index (Phi) is 2.63. The van der Waals surface area contributed by atoms with Crippen LogP contribution in [0.4, 0.5) is 5.69 Å². The van der Waals surface area contributed by atoms with Crippen LogP contribution in [-0.4, -0.2) is 17.9 Å². The quantitative estimate of drug-likeness (QED) is 0.645. The van der Waals surface area contributed by atoms with Gasteiger partial charge in [-0.05, 0) is 12.1 Å². The van der Waals surface area contributed by atoms with Crippen LogP contribution in [0.15, 0.2) is 18.3 Å². The molecular formula is C8H11N3O. The number of nitrogens with two attached hydrogens (primary N) is 1. The van der Waals surface area contributed by atoms with Crippen molar-refractivity contribution in [3.63, 3.8) is 0 Å². The molecule has 1 rings (SSSR count). The highest BCUT2D eigenvalue weighted by molar-refractivity contribution is 5.77. The number of carbonyl (C=O) groups excluding carboxylic acids is 1. The summed E-state index contributed by atoms with van der Waals surface area (Å²) in [5.74, 6) is -0.0619. The Labute approximate surface area is 70.8 Å². The molecule has 0 radical (unpaired) electrons. The Morgan fingerprint density at radius 3 is 3.08 bits per heavy atom. The van der Waals surface area contributed by atoms with Crippen molar-refractivity contribution in [1.82, 2.24) is 10.3 Å². The maximum atomic E-state index is 10.9. The molecule has 1 amide bonds. The molecule has 0 saturated carbocycles. The van der Waals surface area contributed by atoms with Crippen molar-refractivity contribution in [2.24, 2.45) is 0 Å². The van der Waals surface area contributed by atoms with Crippen LogP contribution in [-0.2, 0) is 11.2 Å². The number of carbonyl (C=O) groups is 1. The lowest BCUT2D eigenvalue weighted by atomic mass is 10.2. The summed E-state index contributed by atoms with van der Waals surface area (Å²) in [4.78, 5) is 14.9. The van der Waals surface area contributed by atoms with E-state index < -0.39 is 0 Å². The van der Waals surface area contributed by atoms with E-state index in [9.17, 15) is 4.79 Å². The zero-order valence-electron chi connectivity index (χ0n) is 6.87. The predicted molar refractivity (Wildman–Crippen MR) is 46.4 cm³/mol. The minimum Gasteiger partial charge on any atom is -0.399 e. The lowest BCUT2D eigenvalue weighted by molar-refractivity contribution is -0.120. The second kappa shape index (κ2) is 3.71. The lowest BCUT2D eigenvalue weighted by Gasteiger charge is -1.99. The molecule has 0 fully saturated rings. The lowest BCUT2D eigenvalue weighted by Crippen LogP contribution is -2.20. The van der Waals surface area contributed by atoms with Gasteiger partial charge in [0.2, 0.25) is 5.91 Å². The third-order valence-corrected chi connectivity index (χ3v) is 1.46. The Morgan fingerprint density at radius 1 is 1.75 bits per heavy atom. The average Bonchev–Trinajstić information content (AvgIpc) is 2.04. The van der Waals surface area contributed by atoms with Gasteiger partial charge in [-0.25, -0.2) is 0 Å². The first kappa shape index (κ1) is 8.52. The van der Waals surface area contributed by atoms with E-state index in [0.717, 1.165) is 0 Å². The van der Waals surface area contributed by atoms with E-state index in [-0.39, 0.29) is 12.3 Å². The maximum absolute atomic E-state index is 10.9. The van der Waals surface area contributed by atoms with Crippen LogP contribution in [0.1, 0.15) is 5.69 Å². The summed E-state index contributed by atoms with van der Waals surface area (Å²) in [6.07, 6.45) is 1.87. The molecule has 0 aliphatic heterocycles. The van der Waals surface area contributed by atoms with Crippen molar-refractivity contribution in [3.05, 3.63) is 24.0 Å². The molecule has 0 aliphatic carbocycles. The second-order valence-electron chi connectivity index (χ2n) is 2.43. The number of likely N-dealkylation sites (N-methyl/N-ethyl adjacent to an activating group) is 1. The van der Waals surface area contributed by atoms with E-state index >= 15 is 0 Å². The number of hydrogen-bond donors (Lipinski definition) is 2. The fourth-order valence-corrected chi connectivity index (χ4v) is 0.846. The Bertz CT molecular complexity index is 285. The fraction of sp³-hybridized carbons (Fsp3) is 0.250. The van der Waals surface area contributed by atoms with Crippen LogP contribution in [0.2, 0.25) is 0 Å². The first-order valence-electron chi connectivity index (χ1n) is 3.63. The van der Waals surface area contributed by atoms with Gasteiger partial charge < -0.3 is 11.1 Å². The van der Waals surface area contributed by atoms with Gasteiger partial charge in [-0.15, -0.1) is 0 Å². The van der Waals surface area contributed by atoms with Crippen LogP contribution in [0, 0.1) is 0 Å². The first-order chi connectivity index (χ1) is 5.72. The standard InChI is InChI=1S/C8H11N3O/c1-10-8(12)5-7-4-6(9)2-3-11-7/h2-4H,5H2,1H3,(H2,9,11)(H,10,12). The molecule has 1 aromatic heterocycles. The van der Waals surface area contributed by atoms with E-state index in [1.807, 2.05) is 0 Å². The Balaban J connectivity index is 2.69. The van der Waals surface area contributed by atoms with E-state index in [1.165, 1.54) is 0 Å². The van der Waals surface area contributed by atoms with E-state index in [1.54, 1.807) is 25.4 Å². The van der Waals surface area contributed by atoms with Gasteiger partial charge in [0.1, 0.15) is 0 Å². The number of hydrogen-bond acceptors (Lipinski definition) is 3.